The molecular weight excluding hydrogens is 1090 g/mol. The number of aliphatic hydroxyl groups is 4. The van der Waals surface area contributed by atoms with Crippen LogP contribution in [0.4, 0.5) is 8.78 Å². The number of nitrogens with zero attached hydrogens (tertiary/aromatic N) is 2. The molecule has 2 amide bonds. The Morgan fingerprint density at radius 1 is 0.636 bits per heavy atom. The van der Waals surface area contributed by atoms with Gasteiger partial charge in [0.15, 0.2) is 18.0 Å². The number of ketones is 1. The Bertz CT molecular complexity index is 3140. The molecule has 2 aliphatic rings. The smallest absolute Gasteiger partial charge is 0.335 e. The topological polar surface area (TPSA) is 282 Å². The van der Waals surface area contributed by atoms with Crippen LogP contribution in [-0.4, -0.2) is 118 Å². The molecule has 0 aliphatic carbocycles. The maximum absolute atomic E-state index is 13.7. The molecular formula is C53H51Cl4F2N5O13. The molecule has 2 saturated heterocycles. The van der Waals surface area contributed by atoms with E-state index in [9.17, 15) is 48.4 Å². The van der Waals surface area contributed by atoms with Crippen LogP contribution in [-0.2, 0) is 20.8 Å². The summed E-state index contributed by atoms with van der Waals surface area (Å²) < 4.78 is 48.6. The monoisotopic (exact) mass is 1140 g/mol. The summed E-state index contributed by atoms with van der Waals surface area (Å²) in [5.41, 5.74) is 4.23. The number of aromatic carboxylic acids is 1. The van der Waals surface area contributed by atoms with Gasteiger partial charge in [-0.1, -0.05) is 46.4 Å². The van der Waals surface area contributed by atoms with Crippen molar-refractivity contribution in [2.24, 2.45) is 5.73 Å². The summed E-state index contributed by atoms with van der Waals surface area (Å²) in [6.45, 7) is -0.388. The van der Waals surface area contributed by atoms with Crippen LogP contribution in [0.15, 0.2) is 97.1 Å². The standard InChI is InChI=1S/C27H25Cl2FN2O6.C15H16ClFN2O3.C11H10ClNO4/c1-37-22-6-7-24(32-25(22)16-2-4-19(30)17(28)13-16)27(36,14-33)10-8-20(34)15-3-5-21(18(29)12-15)38-23-9-11-31-26(23)35;1-22-12-4-5-13(15(21,7-18)8-20)19-14(12)9-2-3-11(17)10(16)6-9;12-7-5-6(11(15)16)1-2-8(7)17-9-3-4-13-10(9)14/h2-7,12-13,23,33,36H,8-11,14H2,1H3,(H,31,35);2-6,20-21H,7-8,18H2,1H3;1-2,5,9H,3-4H2,(H,13,14)(H,15,16). The Morgan fingerprint density at radius 2 is 1.06 bits per heavy atom. The molecule has 2 fully saturated rings. The summed E-state index contributed by atoms with van der Waals surface area (Å²) in [6, 6.07) is 22.9. The van der Waals surface area contributed by atoms with E-state index in [4.69, 9.17) is 76.2 Å². The van der Waals surface area contributed by atoms with Crippen molar-refractivity contribution >= 4 is 70.0 Å². The van der Waals surface area contributed by atoms with E-state index in [1.807, 2.05) is 0 Å². The van der Waals surface area contributed by atoms with E-state index in [1.165, 1.54) is 99.1 Å². The first-order valence-electron chi connectivity index (χ1n) is 23.3. The summed E-state index contributed by atoms with van der Waals surface area (Å²) in [5.74, 6) is -1.56. The van der Waals surface area contributed by atoms with Gasteiger partial charge in [0.2, 0.25) is 0 Å². The van der Waals surface area contributed by atoms with Gasteiger partial charge in [-0.3, -0.25) is 14.4 Å². The predicted octanol–water partition coefficient (Wildman–Crippen LogP) is 7.31. The Hall–Kier alpha value is -6.72. The molecule has 0 bridgehead atoms. The van der Waals surface area contributed by atoms with E-state index in [2.05, 4.69) is 20.6 Å². The van der Waals surface area contributed by atoms with E-state index in [-0.39, 0.29) is 91.0 Å². The molecule has 8 rings (SSSR count). The zero-order valence-corrected chi connectivity index (χ0v) is 44.0. The first-order valence-corrected chi connectivity index (χ1v) is 24.8. The zero-order chi connectivity index (χ0) is 56.2. The quantitative estimate of drug-likeness (QED) is 0.0392. The molecule has 4 aromatic carbocycles. The Balaban J connectivity index is 0.000000207. The van der Waals surface area contributed by atoms with Gasteiger partial charge in [-0.25, -0.2) is 23.5 Å². The van der Waals surface area contributed by atoms with Crippen molar-refractivity contribution in [1.82, 2.24) is 20.6 Å². The Kier molecular flexibility index (Phi) is 20.5. The zero-order valence-electron chi connectivity index (χ0n) is 41.0. The average molecular weight is 1150 g/mol. The predicted molar refractivity (Wildman–Crippen MR) is 281 cm³/mol. The van der Waals surface area contributed by atoms with Crippen molar-refractivity contribution in [2.75, 3.05) is 47.1 Å². The number of carboxylic acids is 1. The van der Waals surface area contributed by atoms with Crippen LogP contribution in [0.1, 0.15) is 57.8 Å². The second-order valence-corrected chi connectivity index (χ2v) is 18.9. The second kappa shape index (κ2) is 26.6. The highest BCUT2D eigenvalue weighted by Gasteiger charge is 2.34. The fraction of sp³-hybridized carbons (Fsp3) is 0.283. The van der Waals surface area contributed by atoms with Crippen molar-refractivity contribution in [2.45, 2.75) is 49.1 Å². The number of aliphatic hydroxyl groups excluding tert-OH is 2. The summed E-state index contributed by atoms with van der Waals surface area (Å²) in [5, 5.41) is 55.2. The number of nitrogens with two attached hydrogens (primary N) is 1. The van der Waals surface area contributed by atoms with Crippen LogP contribution >= 0.6 is 46.4 Å². The van der Waals surface area contributed by atoms with Gasteiger partial charge in [-0.15, -0.1) is 0 Å². The SMILES string of the molecule is COc1ccc(C(O)(CN)CO)nc1-c1ccc(F)c(Cl)c1.COc1ccc(C(O)(CO)CCC(=O)c2ccc(OC3CCNC3=O)c(Cl)c2)nc1-c1ccc(F)c(Cl)c1.O=C(O)c1ccc(OC2CCNC2=O)c(Cl)c1. The molecule has 4 unspecified atom stereocenters. The number of carbonyl (C=O) groups excluding carboxylic acids is 3. The fourth-order valence-electron chi connectivity index (χ4n) is 7.62. The minimum absolute atomic E-state index is 0.0528. The van der Waals surface area contributed by atoms with Crippen LogP contribution in [0.25, 0.3) is 22.5 Å². The first-order chi connectivity index (χ1) is 36.7. The number of methoxy groups -OCH3 is 2. The number of rotatable bonds is 18. The lowest BCUT2D eigenvalue weighted by molar-refractivity contribution is -0.125. The number of hydrogen-bond donors (Lipinski definition) is 8. The normalized spacial score (nSPS) is 16.3. The summed E-state index contributed by atoms with van der Waals surface area (Å²) in [7, 11) is 2.90. The van der Waals surface area contributed by atoms with Crippen molar-refractivity contribution in [3.8, 4) is 45.5 Å². The van der Waals surface area contributed by atoms with Crippen molar-refractivity contribution < 1.29 is 72.4 Å². The van der Waals surface area contributed by atoms with Crippen molar-refractivity contribution in [3.63, 3.8) is 0 Å². The van der Waals surface area contributed by atoms with E-state index in [0.29, 0.717) is 60.0 Å². The number of aromatic nitrogens is 2. The number of carboxylic acid groups (broad SMARTS) is 1. The van der Waals surface area contributed by atoms with Gasteiger partial charge in [0.25, 0.3) is 11.8 Å². The summed E-state index contributed by atoms with van der Waals surface area (Å²) in [4.78, 5) is 55.4. The number of hydrogen-bond acceptors (Lipinski definition) is 15. The van der Waals surface area contributed by atoms with Crippen LogP contribution in [0.2, 0.25) is 20.1 Å². The molecule has 2 aromatic heterocycles. The van der Waals surface area contributed by atoms with Crippen LogP contribution in [0.5, 0.6) is 23.0 Å². The lowest BCUT2D eigenvalue weighted by Gasteiger charge is -2.26. The minimum atomic E-state index is -1.86. The Morgan fingerprint density at radius 3 is 1.44 bits per heavy atom. The highest BCUT2D eigenvalue weighted by atomic mass is 35.5. The number of amides is 2. The Labute approximate surface area is 459 Å². The molecule has 2 aliphatic heterocycles. The van der Waals surface area contributed by atoms with E-state index in [0.717, 1.165) is 0 Å². The van der Waals surface area contributed by atoms with Gasteiger partial charge in [-0.05, 0) is 103 Å². The molecule has 6 aromatic rings. The lowest BCUT2D eigenvalue weighted by Crippen LogP contribution is -2.39. The molecule has 4 atom stereocenters. The number of nitrogens with one attached hydrogen (secondary N) is 2. The number of ether oxygens (including phenoxy) is 4. The number of pyridine rings is 2. The van der Waals surface area contributed by atoms with Gasteiger partial charge in [0, 0.05) is 55.6 Å². The molecule has 0 spiro atoms. The molecule has 408 valence electrons. The minimum Gasteiger partial charge on any atom is -0.494 e. The maximum Gasteiger partial charge on any atom is 0.335 e. The molecule has 9 N–H and O–H groups in total. The van der Waals surface area contributed by atoms with Crippen LogP contribution in [0, 0.1) is 11.6 Å². The van der Waals surface area contributed by atoms with Gasteiger partial charge in [0.05, 0.1) is 64.5 Å². The summed E-state index contributed by atoms with van der Waals surface area (Å²) >= 11 is 23.9. The van der Waals surface area contributed by atoms with E-state index >= 15 is 0 Å². The first kappa shape index (κ1) is 59.5. The third-order valence-corrected chi connectivity index (χ3v) is 13.3. The molecule has 0 saturated carbocycles. The highest BCUT2D eigenvalue weighted by molar-refractivity contribution is 6.33. The molecule has 18 nitrogen and oxygen atoms in total. The third kappa shape index (κ3) is 14.7. The van der Waals surface area contributed by atoms with Crippen LogP contribution in [0.3, 0.4) is 0 Å². The molecule has 0 radical (unpaired) electrons. The lowest BCUT2D eigenvalue weighted by atomic mass is 9.91. The van der Waals surface area contributed by atoms with E-state index < -0.39 is 54.2 Å². The van der Waals surface area contributed by atoms with Crippen molar-refractivity contribution in [1.29, 1.82) is 0 Å². The molecule has 77 heavy (non-hydrogen) atoms. The maximum atomic E-state index is 13.7. The largest absolute Gasteiger partial charge is 0.494 e. The molecule has 4 heterocycles. The molecule has 24 heteroatoms. The van der Waals surface area contributed by atoms with Gasteiger partial charge >= 0.3 is 5.97 Å². The average Bonchev–Trinajstić information content (AvgIpc) is 4.05. The van der Waals surface area contributed by atoms with Gasteiger partial charge < -0.3 is 60.8 Å². The number of benzene rings is 4. The van der Waals surface area contributed by atoms with Gasteiger partial charge in [-0.2, -0.15) is 0 Å². The number of Topliss-reactive ketones (excluding diaryl/α,β-unsaturated/α-hetero) is 1. The summed E-state index contributed by atoms with van der Waals surface area (Å²) in [6.07, 6.45) is -0.377. The van der Waals surface area contributed by atoms with Gasteiger partial charge in [0.1, 0.15) is 57.2 Å². The second-order valence-electron chi connectivity index (χ2n) is 17.2. The van der Waals surface area contributed by atoms with Crippen LogP contribution < -0.4 is 35.3 Å². The fourth-order valence-corrected chi connectivity index (χ4v) is 8.43. The number of halogens is 6. The third-order valence-electron chi connectivity index (χ3n) is 12.1. The number of carbonyl (C=O) groups is 4. The van der Waals surface area contributed by atoms with Crippen molar-refractivity contribution in [3.05, 3.63) is 151 Å². The highest BCUT2D eigenvalue weighted by Crippen LogP contribution is 2.37. The van der Waals surface area contributed by atoms with E-state index in [1.54, 1.807) is 12.1 Å².